The zero-order valence-electron chi connectivity index (χ0n) is 18.5. The van der Waals surface area contributed by atoms with Gasteiger partial charge in [0.1, 0.15) is 11.8 Å². The van der Waals surface area contributed by atoms with Crippen LogP contribution in [0.15, 0.2) is 42.5 Å². The standard InChI is InChI=1S/C24H30Cl2N2O3/c1-5-16(3)27-24(30)17(4)28(14-19-9-10-20(25)13-22(19)26)23(29)15-31-21-11-7-18(6-2)8-12-21/h7-13,16-17H,5-6,14-15H2,1-4H3,(H,27,30)/t16-,17+/m0/s1. The second kappa shape index (κ2) is 12.0. The summed E-state index contributed by atoms with van der Waals surface area (Å²) in [5.41, 5.74) is 1.89. The molecule has 31 heavy (non-hydrogen) atoms. The number of nitrogens with one attached hydrogen (secondary N) is 1. The van der Waals surface area contributed by atoms with E-state index in [0.29, 0.717) is 21.4 Å². The molecule has 2 rings (SSSR count). The SMILES string of the molecule is CCc1ccc(OCC(=O)N(Cc2ccc(Cl)cc2Cl)[C@H](C)C(=O)N[C@@H](C)CC)cc1. The van der Waals surface area contributed by atoms with Gasteiger partial charge in [-0.05, 0) is 62.1 Å². The van der Waals surface area contributed by atoms with Crippen LogP contribution in [0.3, 0.4) is 0 Å². The summed E-state index contributed by atoms with van der Waals surface area (Å²) in [5, 5.41) is 3.88. The molecule has 0 aromatic heterocycles. The van der Waals surface area contributed by atoms with E-state index in [4.69, 9.17) is 27.9 Å². The molecule has 0 saturated heterocycles. The van der Waals surface area contributed by atoms with Crippen LogP contribution in [0.1, 0.15) is 45.2 Å². The van der Waals surface area contributed by atoms with Crippen LogP contribution in [0.5, 0.6) is 5.75 Å². The summed E-state index contributed by atoms with van der Waals surface area (Å²) in [7, 11) is 0. The van der Waals surface area contributed by atoms with Crippen molar-refractivity contribution in [3.05, 3.63) is 63.6 Å². The maximum Gasteiger partial charge on any atom is 0.261 e. The lowest BCUT2D eigenvalue weighted by molar-refractivity contribution is -0.142. The van der Waals surface area contributed by atoms with Crippen molar-refractivity contribution in [3.8, 4) is 5.75 Å². The lowest BCUT2D eigenvalue weighted by atomic mass is 10.1. The number of rotatable bonds is 10. The van der Waals surface area contributed by atoms with Gasteiger partial charge in [-0.1, -0.05) is 55.2 Å². The minimum atomic E-state index is -0.695. The smallest absolute Gasteiger partial charge is 0.261 e. The van der Waals surface area contributed by atoms with E-state index in [-0.39, 0.29) is 31.0 Å². The van der Waals surface area contributed by atoms with Crippen LogP contribution in [-0.2, 0) is 22.6 Å². The number of carbonyl (C=O) groups is 2. The summed E-state index contributed by atoms with van der Waals surface area (Å²) in [4.78, 5) is 27.3. The highest BCUT2D eigenvalue weighted by Crippen LogP contribution is 2.23. The van der Waals surface area contributed by atoms with E-state index in [9.17, 15) is 9.59 Å². The normalized spacial score (nSPS) is 12.7. The van der Waals surface area contributed by atoms with E-state index in [1.807, 2.05) is 38.1 Å². The Morgan fingerprint density at radius 3 is 2.32 bits per heavy atom. The number of nitrogens with zero attached hydrogens (tertiary/aromatic N) is 1. The second-order valence-electron chi connectivity index (χ2n) is 7.54. The molecule has 0 heterocycles. The van der Waals surface area contributed by atoms with Crippen LogP contribution in [0.4, 0.5) is 0 Å². The van der Waals surface area contributed by atoms with Crippen LogP contribution >= 0.6 is 23.2 Å². The van der Waals surface area contributed by atoms with Gasteiger partial charge in [0.25, 0.3) is 5.91 Å². The van der Waals surface area contributed by atoms with E-state index >= 15 is 0 Å². The summed E-state index contributed by atoms with van der Waals surface area (Å²) < 4.78 is 5.69. The largest absolute Gasteiger partial charge is 0.484 e. The van der Waals surface area contributed by atoms with Crippen molar-refractivity contribution < 1.29 is 14.3 Å². The molecule has 5 nitrogen and oxygen atoms in total. The molecule has 2 aromatic rings. The summed E-state index contributed by atoms with van der Waals surface area (Å²) in [5.74, 6) is 0.0733. The maximum atomic E-state index is 13.1. The molecular weight excluding hydrogens is 435 g/mol. The summed E-state index contributed by atoms with van der Waals surface area (Å²) in [6.45, 7) is 7.68. The molecule has 2 aromatic carbocycles. The lowest BCUT2D eigenvalue weighted by Gasteiger charge is -2.30. The fraction of sp³-hybridized carbons (Fsp3) is 0.417. The Labute approximate surface area is 194 Å². The van der Waals surface area contributed by atoms with Gasteiger partial charge in [-0.15, -0.1) is 0 Å². The first-order chi connectivity index (χ1) is 14.7. The zero-order chi connectivity index (χ0) is 23.0. The van der Waals surface area contributed by atoms with Crippen LogP contribution < -0.4 is 10.1 Å². The Balaban J connectivity index is 2.17. The molecule has 1 N–H and O–H groups in total. The molecule has 7 heteroatoms. The molecule has 0 unspecified atom stereocenters. The van der Waals surface area contributed by atoms with Gasteiger partial charge in [0.2, 0.25) is 5.91 Å². The number of carbonyl (C=O) groups excluding carboxylic acids is 2. The molecule has 2 atom stereocenters. The van der Waals surface area contributed by atoms with Gasteiger partial charge in [0.05, 0.1) is 0 Å². The molecular formula is C24H30Cl2N2O3. The van der Waals surface area contributed by atoms with Crippen LogP contribution in [-0.4, -0.2) is 35.4 Å². The van der Waals surface area contributed by atoms with E-state index in [0.717, 1.165) is 12.8 Å². The highest BCUT2D eigenvalue weighted by molar-refractivity contribution is 6.35. The third-order valence-corrected chi connectivity index (χ3v) is 5.80. The Hall–Kier alpha value is -2.24. The first-order valence-corrected chi connectivity index (χ1v) is 11.3. The van der Waals surface area contributed by atoms with E-state index in [2.05, 4.69) is 12.2 Å². The first kappa shape index (κ1) is 25.0. The van der Waals surface area contributed by atoms with Crippen LogP contribution in [0, 0.1) is 0 Å². The van der Waals surface area contributed by atoms with Crippen molar-refractivity contribution in [1.82, 2.24) is 10.2 Å². The molecule has 0 aliphatic carbocycles. The maximum absolute atomic E-state index is 13.1. The average Bonchev–Trinajstić information content (AvgIpc) is 2.76. The van der Waals surface area contributed by atoms with Crippen molar-refractivity contribution in [1.29, 1.82) is 0 Å². The molecule has 0 fully saturated rings. The quantitative estimate of drug-likeness (QED) is 0.520. The number of ether oxygens (including phenoxy) is 1. The Morgan fingerprint density at radius 2 is 1.74 bits per heavy atom. The van der Waals surface area contributed by atoms with Crippen molar-refractivity contribution in [2.45, 2.75) is 59.2 Å². The molecule has 0 radical (unpaired) electrons. The highest BCUT2D eigenvalue weighted by atomic mass is 35.5. The molecule has 0 saturated carbocycles. The summed E-state index contributed by atoms with van der Waals surface area (Å²) in [6, 6.07) is 12.0. The topological polar surface area (TPSA) is 58.6 Å². The van der Waals surface area contributed by atoms with Crippen LogP contribution in [0.2, 0.25) is 10.0 Å². The summed E-state index contributed by atoms with van der Waals surface area (Å²) >= 11 is 12.3. The fourth-order valence-corrected chi connectivity index (χ4v) is 3.40. The Bertz CT molecular complexity index is 887. The molecule has 0 spiro atoms. The van der Waals surface area contributed by atoms with Gasteiger partial charge in [-0.3, -0.25) is 9.59 Å². The average molecular weight is 465 g/mol. The molecule has 168 valence electrons. The number of aryl methyl sites for hydroxylation is 1. The minimum absolute atomic E-state index is 0.0133. The van der Waals surface area contributed by atoms with Gasteiger partial charge < -0.3 is 15.0 Å². The second-order valence-corrected chi connectivity index (χ2v) is 8.38. The monoisotopic (exact) mass is 464 g/mol. The fourth-order valence-electron chi connectivity index (χ4n) is 2.93. The molecule has 0 bridgehead atoms. The third-order valence-electron chi connectivity index (χ3n) is 5.22. The summed E-state index contributed by atoms with van der Waals surface area (Å²) in [6.07, 6.45) is 1.73. The van der Waals surface area contributed by atoms with Gasteiger partial charge >= 0.3 is 0 Å². The van der Waals surface area contributed by atoms with Crippen molar-refractivity contribution >= 4 is 35.0 Å². The van der Waals surface area contributed by atoms with Gasteiger partial charge in [0, 0.05) is 22.6 Å². The molecule has 0 aliphatic heterocycles. The van der Waals surface area contributed by atoms with E-state index < -0.39 is 6.04 Å². The predicted octanol–water partition coefficient (Wildman–Crippen LogP) is 5.27. The molecule has 0 aliphatic rings. The number of halogens is 2. The van der Waals surface area contributed by atoms with Gasteiger partial charge in [-0.2, -0.15) is 0 Å². The van der Waals surface area contributed by atoms with E-state index in [1.165, 1.54) is 10.5 Å². The van der Waals surface area contributed by atoms with E-state index in [1.54, 1.807) is 25.1 Å². The number of benzene rings is 2. The Kier molecular flexibility index (Phi) is 9.66. The lowest BCUT2D eigenvalue weighted by Crippen LogP contribution is -2.50. The van der Waals surface area contributed by atoms with Crippen LogP contribution in [0.25, 0.3) is 0 Å². The Morgan fingerprint density at radius 1 is 1.06 bits per heavy atom. The molecule has 2 amide bonds. The zero-order valence-corrected chi connectivity index (χ0v) is 20.0. The highest BCUT2D eigenvalue weighted by Gasteiger charge is 2.27. The van der Waals surface area contributed by atoms with Crippen molar-refractivity contribution in [2.75, 3.05) is 6.61 Å². The van der Waals surface area contributed by atoms with Crippen molar-refractivity contribution in [3.63, 3.8) is 0 Å². The van der Waals surface area contributed by atoms with Gasteiger partial charge in [0.15, 0.2) is 6.61 Å². The minimum Gasteiger partial charge on any atom is -0.484 e. The van der Waals surface area contributed by atoms with Gasteiger partial charge in [-0.25, -0.2) is 0 Å². The number of hydrogen-bond donors (Lipinski definition) is 1. The predicted molar refractivity (Wildman–Crippen MR) is 126 cm³/mol. The van der Waals surface area contributed by atoms with Crippen molar-refractivity contribution in [2.24, 2.45) is 0 Å². The number of amides is 2. The first-order valence-electron chi connectivity index (χ1n) is 10.5. The third kappa shape index (κ3) is 7.44. The number of hydrogen-bond acceptors (Lipinski definition) is 3.